The maximum atomic E-state index is 12.8. The van der Waals surface area contributed by atoms with Crippen LogP contribution in [-0.4, -0.2) is 0 Å². The molecule has 20 heavy (non-hydrogen) atoms. The quantitative estimate of drug-likeness (QED) is 0.326. The first-order chi connectivity index (χ1) is 9.20. The van der Waals surface area contributed by atoms with E-state index in [1.165, 1.54) is 18.2 Å². The molecule has 0 aliphatic carbocycles. The van der Waals surface area contributed by atoms with Crippen molar-refractivity contribution in [2.45, 2.75) is 6.18 Å². The molecule has 2 rings (SSSR count). The Balaban J connectivity index is 2.63. The van der Waals surface area contributed by atoms with Crippen LogP contribution in [0, 0.1) is 3.57 Å². The minimum Gasteiger partial charge on any atom is -0.166 e. The van der Waals surface area contributed by atoms with Crippen molar-refractivity contribution >= 4 is 57.4 Å². The first-order valence-corrected chi connectivity index (χ1v) is 7.43. The second-order valence-electron chi connectivity index (χ2n) is 3.95. The monoisotopic (exact) mass is 450 g/mol. The lowest BCUT2D eigenvalue weighted by atomic mass is 10.0. The fraction of sp³-hybridized carbons (Fsp3) is 0.0769. The van der Waals surface area contributed by atoms with Crippen molar-refractivity contribution in [1.82, 2.24) is 0 Å². The van der Waals surface area contributed by atoms with Gasteiger partial charge < -0.3 is 0 Å². The highest BCUT2D eigenvalue weighted by Gasteiger charge is 2.31. The fourth-order valence-corrected chi connectivity index (χ4v) is 2.88. The van der Waals surface area contributed by atoms with Gasteiger partial charge in [-0.05, 0) is 64.0 Å². The predicted octanol–water partition coefficient (Wildman–Crippen LogP) is 6.94. The number of rotatable bonds is 1. The molecule has 0 spiro atoms. The predicted molar refractivity (Wildman–Crippen MR) is 84.6 cm³/mol. The summed E-state index contributed by atoms with van der Waals surface area (Å²) in [6, 6.07) is 6.48. The van der Waals surface area contributed by atoms with Gasteiger partial charge in [-0.15, -0.1) is 0 Å². The second-order valence-corrected chi connectivity index (χ2v) is 6.30. The summed E-state index contributed by atoms with van der Waals surface area (Å²) in [4.78, 5) is 0. The van der Waals surface area contributed by atoms with Crippen LogP contribution in [0.1, 0.15) is 5.56 Å². The van der Waals surface area contributed by atoms with Crippen molar-refractivity contribution < 1.29 is 13.2 Å². The van der Waals surface area contributed by atoms with Gasteiger partial charge in [-0.25, -0.2) is 0 Å². The molecule has 0 aliphatic rings. The van der Waals surface area contributed by atoms with Gasteiger partial charge in [0.25, 0.3) is 0 Å². The van der Waals surface area contributed by atoms with Gasteiger partial charge in [0, 0.05) is 3.57 Å². The van der Waals surface area contributed by atoms with E-state index < -0.39 is 11.7 Å². The average molecular weight is 451 g/mol. The molecule has 2 aromatic rings. The molecule has 0 radical (unpaired) electrons. The van der Waals surface area contributed by atoms with E-state index >= 15 is 0 Å². The lowest BCUT2D eigenvalue weighted by Crippen LogP contribution is -2.05. The Kier molecular flexibility index (Phi) is 4.79. The molecule has 0 bridgehead atoms. The molecule has 2 aromatic carbocycles. The largest absolute Gasteiger partial charge is 0.416 e. The summed E-state index contributed by atoms with van der Waals surface area (Å²) >= 11 is 19.6. The van der Waals surface area contributed by atoms with Crippen LogP contribution in [0.25, 0.3) is 11.1 Å². The van der Waals surface area contributed by atoms with Crippen molar-refractivity contribution in [2.24, 2.45) is 0 Å². The molecule has 7 heteroatoms. The van der Waals surface area contributed by atoms with Crippen LogP contribution < -0.4 is 0 Å². The van der Waals surface area contributed by atoms with Gasteiger partial charge in [0.2, 0.25) is 0 Å². The molecule has 0 N–H and O–H groups in total. The van der Waals surface area contributed by atoms with E-state index in [1.54, 1.807) is 0 Å². The summed E-state index contributed by atoms with van der Waals surface area (Å²) in [5, 5.41) is 0.573. The van der Waals surface area contributed by atoms with Crippen LogP contribution in [0.5, 0.6) is 0 Å². The molecule has 0 saturated heterocycles. The lowest BCUT2D eigenvalue weighted by Gasteiger charge is -2.12. The molecule has 0 aromatic heterocycles. The zero-order valence-corrected chi connectivity index (χ0v) is 14.0. The lowest BCUT2D eigenvalue weighted by molar-refractivity contribution is -0.137. The third kappa shape index (κ3) is 3.35. The smallest absolute Gasteiger partial charge is 0.166 e. The Hall–Kier alpha value is -0.170. The van der Waals surface area contributed by atoms with Crippen molar-refractivity contribution in [3.05, 3.63) is 54.5 Å². The van der Waals surface area contributed by atoms with Crippen LogP contribution >= 0.6 is 57.4 Å². The fourth-order valence-electron chi connectivity index (χ4n) is 1.63. The topological polar surface area (TPSA) is 0 Å². The Bertz CT molecular complexity index is 645. The van der Waals surface area contributed by atoms with E-state index in [0.717, 1.165) is 12.1 Å². The highest BCUT2D eigenvalue weighted by molar-refractivity contribution is 14.1. The minimum atomic E-state index is -4.40. The Morgan fingerprint density at radius 3 is 1.95 bits per heavy atom. The van der Waals surface area contributed by atoms with Gasteiger partial charge in [0.05, 0.1) is 20.6 Å². The SMILES string of the molecule is FC(F)(F)c1ccc(I)c(-c2cc(Cl)c(Cl)c(Cl)c2)c1. The van der Waals surface area contributed by atoms with Gasteiger partial charge in [0.15, 0.2) is 0 Å². The van der Waals surface area contributed by atoms with Gasteiger partial charge >= 0.3 is 6.18 Å². The number of hydrogen-bond acceptors (Lipinski definition) is 0. The van der Waals surface area contributed by atoms with Crippen LogP contribution in [0.15, 0.2) is 30.3 Å². The summed E-state index contributed by atoms with van der Waals surface area (Å²) in [5.74, 6) is 0. The van der Waals surface area contributed by atoms with Crippen LogP contribution in [0.2, 0.25) is 15.1 Å². The van der Waals surface area contributed by atoms with Gasteiger partial charge in [-0.2, -0.15) is 13.2 Å². The van der Waals surface area contributed by atoms with E-state index in [-0.39, 0.29) is 15.1 Å². The zero-order chi connectivity index (χ0) is 15.1. The third-order valence-corrected chi connectivity index (χ3v) is 4.73. The average Bonchev–Trinajstić information content (AvgIpc) is 2.34. The van der Waals surface area contributed by atoms with E-state index in [4.69, 9.17) is 34.8 Å². The van der Waals surface area contributed by atoms with Crippen LogP contribution in [-0.2, 0) is 6.18 Å². The first-order valence-electron chi connectivity index (χ1n) is 5.22. The highest BCUT2D eigenvalue weighted by Crippen LogP contribution is 2.39. The van der Waals surface area contributed by atoms with Gasteiger partial charge in [-0.1, -0.05) is 34.8 Å². The van der Waals surface area contributed by atoms with Crippen LogP contribution in [0.3, 0.4) is 0 Å². The van der Waals surface area contributed by atoms with E-state index in [2.05, 4.69) is 0 Å². The summed E-state index contributed by atoms with van der Waals surface area (Å²) in [6.07, 6.45) is -4.40. The molecule has 0 saturated carbocycles. The number of hydrogen-bond donors (Lipinski definition) is 0. The van der Waals surface area contributed by atoms with Crippen LogP contribution in [0.4, 0.5) is 13.2 Å². The molecule has 0 aliphatic heterocycles. The Morgan fingerprint density at radius 1 is 0.900 bits per heavy atom. The van der Waals surface area contributed by atoms with E-state index in [1.807, 2.05) is 22.6 Å². The summed E-state index contributed by atoms with van der Waals surface area (Å²) in [6.45, 7) is 0. The minimum absolute atomic E-state index is 0.180. The van der Waals surface area contributed by atoms with Gasteiger partial charge in [0.1, 0.15) is 0 Å². The molecule has 0 heterocycles. The van der Waals surface area contributed by atoms with E-state index in [0.29, 0.717) is 14.7 Å². The zero-order valence-electron chi connectivity index (χ0n) is 9.53. The number of benzene rings is 2. The summed E-state index contributed by atoms with van der Waals surface area (Å²) in [7, 11) is 0. The molecule has 0 atom stereocenters. The van der Waals surface area contributed by atoms with Crippen molar-refractivity contribution in [1.29, 1.82) is 0 Å². The normalized spacial score (nSPS) is 11.8. The van der Waals surface area contributed by atoms with Crippen molar-refractivity contribution in [2.75, 3.05) is 0 Å². The summed E-state index contributed by atoms with van der Waals surface area (Å²) < 4.78 is 38.9. The maximum absolute atomic E-state index is 12.8. The summed E-state index contributed by atoms with van der Waals surface area (Å²) in [5.41, 5.74) is 0.163. The highest BCUT2D eigenvalue weighted by atomic mass is 127. The molecule has 0 nitrogen and oxygen atoms in total. The second kappa shape index (κ2) is 5.91. The van der Waals surface area contributed by atoms with E-state index in [9.17, 15) is 13.2 Å². The Morgan fingerprint density at radius 2 is 1.45 bits per heavy atom. The number of halogens is 7. The van der Waals surface area contributed by atoms with Gasteiger partial charge in [-0.3, -0.25) is 0 Å². The number of alkyl halides is 3. The third-order valence-electron chi connectivity index (χ3n) is 2.59. The van der Waals surface area contributed by atoms with Crippen molar-refractivity contribution in [3.8, 4) is 11.1 Å². The Labute approximate surface area is 142 Å². The first kappa shape index (κ1) is 16.2. The standard InChI is InChI=1S/C13H5Cl3F3I/c14-9-3-6(4-10(15)12(9)16)8-5-7(13(17,18)19)1-2-11(8)20/h1-5H. The molecule has 0 fully saturated rings. The molecule has 0 amide bonds. The molecule has 0 unspecified atom stereocenters. The molecular weight excluding hydrogens is 446 g/mol. The van der Waals surface area contributed by atoms with Crippen molar-refractivity contribution in [3.63, 3.8) is 0 Å². The molecule has 106 valence electrons. The maximum Gasteiger partial charge on any atom is 0.416 e. The molecular formula is C13H5Cl3F3I.